The standard InChI is InChI=1S/C13H22N2O2.CH3NO/c1-11-6-5-9-15(11)13(17)10-14-8-4-2-3-7-12(14)16;2-1-3/h11H,2-10H2,1H3;1H,(H2,2,3)/t11-;/m1./s1. The summed E-state index contributed by atoms with van der Waals surface area (Å²) in [5, 5.41) is 0. The van der Waals surface area contributed by atoms with Gasteiger partial charge < -0.3 is 15.5 Å². The highest BCUT2D eigenvalue weighted by molar-refractivity contribution is 5.85. The van der Waals surface area contributed by atoms with Gasteiger partial charge in [0.05, 0.1) is 6.54 Å². The van der Waals surface area contributed by atoms with Crippen LogP contribution in [-0.2, 0) is 14.4 Å². The Morgan fingerprint density at radius 2 is 2.00 bits per heavy atom. The number of carbonyl (C=O) groups is 3. The minimum atomic E-state index is 0.130. The van der Waals surface area contributed by atoms with E-state index in [-0.39, 0.29) is 18.2 Å². The maximum absolute atomic E-state index is 12.1. The molecular weight excluding hydrogens is 258 g/mol. The molecule has 1 atom stereocenters. The molecule has 0 unspecified atom stereocenters. The quantitative estimate of drug-likeness (QED) is 0.749. The van der Waals surface area contributed by atoms with Gasteiger partial charge in [0, 0.05) is 25.6 Å². The van der Waals surface area contributed by atoms with Gasteiger partial charge in [-0.15, -0.1) is 0 Å². The van der Waals surface area contributed by atoms with Gasteiger partial charge in [-0.1, -0.05) is 6.42 Å². The van der Waals surface area contributed by atoms with Gasteiger partial charge in [-0.3, -0.25) is 14.4 Å². The van der Waals surface area contributed by atoms with Crippen molar-refractivity contribution >= 4 is 18.2 Å². The summed E-state index contributed by atoms with van der Waals surface area (Å²) in [5.74, 6) is 0.285. The van der Waals surface area contributed by atoms with Gasteiger partial charge in [0.25, 0.3) is 0 Å². The van der Waals surface area contributed by atoms with E-state index in [0.717, 1.165) is 45.2 Å². The number of likely N-dealkylation sites (tertiary alicyclic amines) is 2. The maximum Gasteiger partial charge on any atom is 0.242 e. The number of hydrogen-bond acceptors (Lipinski definition) is 3. The zero-order chi connectivity index (χ0) is 15.0. The van der Waals surface area contributed by atoms with Crippen molar-refractivity contribution in [1.82, 2.24) is 9.80 Å². The lowest BCUT2D eigenvalue weighted by molar-refractivity contribution is -0.140. The smallest absolute Gasteiger partial charge is 0.242 e. The Labute approximate surface area is 120 Å². The van der Waals surface area contributed by atoms with Crippen molar-refractivity contribution in [3.05, 3.63) is 0 Å². The van der Waals surface area contributed by atoms with E-state index in [0.29, 0.717) is 19.0 Å². The molecule has 0 radical (unpaired) electrons. The summed E-state index contributed by atoms with van der Waals surface area (Å²) in [4.78, 5) is 36.2. The van der Waals surface area contributed by atoms with Crippen LogP contribution in [0.1, 0.15) is 45.4 Å². The lowest BCUT2D eigenvalue weighted by Crippen LogP contribution is -2.43. The van der Waals surface area contributed by atoms with Crippen LogP contribution < -0.4 is 5.73 Å². The van der Waals surface area contributed by atoms with Crippen molar-refractivity contribution in [3.63, 3.8) is 0 Å². The lowest BCUT2D eigenvalue weighted by atomic mass is 10.2. The zero-order valence-electron chi connectivity index (χ0n) is 12.2. The van der Waals surface area contributed by atoms with Gasteiger partial charge in [0.1, 0.15) is 0 Å². The first kappa shape index (κ1) is 16.5. The average Bonchev–Trinajstić information content (AvgIpc) is 2.74. The lowest BCUT2D eigenvalue weighted by Gasteiger charge is -2.26. The molecule has 6 nitrogen and oxygen atoms in total. The Kier molecular flexibility index (Phi) is 7.04. The fourth-order valence-corrected chi connectivity index (χ4v) is 2.76. The molecule has 0 bridgehead atoms. The fraction of sp³-hybridized carbons (Fsp3) is 0.786. The number of carbonyl (C=O) groups excluding carboxylic acids is 3. The number of rotatable bonds is 2. The van der Waals surface area contributed by atoms with E-state index in [1.54, 1.807) is 4.90 Å². The van der Waals surface area contributed by atoms with E-state index < -0.39 is 0 Å². The molecule has 0 aromatic rings. The van der Waals surface area contributed by atoms with Gasteiger partial charge in [0.2, 0.25) is 18.2 Å². The van der Waals surface area contributed by atoms with Crippen molar-refractivity contribution in [2.75, 3.05) is 19.6 Å². The summed E-state index contributed by atoms with van der Waals surface area (Å²) in [6, 6.07) is 0.351. The molecule has 114 valence electrons. The van der Waals surface area contributed by atoms with Crippen molar-refractivity contribution in [2.45, 2.75) is 51.5 Å². The first-order chi connectivity index (χ1) is 9.60. The summed E-state index contributed by atoms with van der Waals surface area (Å²) in [6.45, 7) is 4.01. The second-order valence-electron chi connectivity index (χ2n) is 5.34. The van der Waals surface area contributed by atoms with Gasteiger partial charge in [-0.25, -0.2) is 0 Å². The molecule has 6 heteroatoms. The summed E-state index contributed by atoms with van der Waals surface area (Å²) in [5.41, 5.74) is 4.17. The fourth-order valence-electron chi connectivity index (χ4n) is 2.76. The highest BCUT2D eigenvalue weighted by Gasteiger charge is 2.27. The number of nitrogens with two attached hydrogens (primary N) is 1. The monoisotopic (exact) mass is 283 g/mol. The molecule has 0 aromatic heterocycles. The first-order valence-corrected chi connectivity index (χ1v) is 7.32. The normalized spacial score (nSPS) is 22.9. The topological polar surface area (TPSA) is 83.7 Å². The molecule has 2 N–H and O–H groups in total. The van der Waals surface area contributed by atoms with Crippen molar-refractivity contribution in [1.29, 1.82) is 0 Å². The summed E-state index contributed by atoms with van der Waals surface area (Å²) >= 11 is 0. The predicted octanol–water partition coefficient (Wildman–Crippen LogP) is 0.501. The van der Waals surface area contributed by atoms with Crippen LogP contribution in [0.25, 0.3) is 0 Å². The second kappa shape index (κ2) is 8.55. The van der Waals surface area contributed by atoms with Crippen molar-refractivity contribution in [2.24, 2.45) is 5.73 Å². The summed E-state index contributed by atoms with van der Waals surface area (Å²) < 4.78 is 0. The molecule has 2 fully saturated rings. The highest BCUT2D eigenvalue weighted by Crippen LogP contribution is 2.17. The van der Waals surface area contributed by atoms with Crippen LogP contribution >= 0.6 is 0 Å². The third-order valence-corrected chi connectivity index (χ3v) is 3.87. The van der Waals surface area contributed by atoms with Crippen molar-refractivity contribution < 1.29 is 14.4 Å². The van der Waals surface area contributed by atoms with E-state index in [1.807, 2.05) is 4.90 Å². The van der Waals surface area contributed by atoms with E-state index in [4.69, 9.17) is 4.79 Å². The van der Waals surface area contributed by atoms with Gasteiger partial charge in [-0.2, -0.15) is 0 Å². The minimum Gasteiger partial charge on any atom is -0.372 e. The third kappa shape index (κ3) is 4.83. The Bertz CT molecular complexity index is 347. The molecule has 0 spiro atoms. The molecule has 2 saturated heterocycles. The van der Waals surface area contributed by atoms with Crippen LogP contribution in [0.2, 0.25) is 0 Å². The number of nitrogens with zero attached hydrogens (tertiary/aromatic N) is 2. The van der Waals surface area contributed by atoms with Crippen LogP contribution in [0.5, 0.6) is 0 Å². The molecular formula is C14H25N3O3. The average molecular weight is 283 g/mol. The van der Waals surface area contributed by atoms with E-state index in [2.05, 4.69) is 12.7 Å². The molecule has 0 saturated carbocycles. The van der Waals surface area contributed by atoms with Crippen LogP contribution in [-0.4, -0.2) is 53.7 Å². The van der Waals surface area contributed by atoms with E-state index >= 15 is 0 Å². The molecule has 0 aromatic carbocycles. The van der Waals surface area contributed by atoms with Crippen LogP contribution in [0.15, 0.2) is 0 Å². The number of primary amides is 1. The minimum absolute atomic E-state index is 0.130. The predicted molar refractivity (Wildman–Crippen MR) is 75.7 cm³/mol. The number of hydrogen-bond donors (Lipinski definition) is 1. The molecule has 2 aliphatic rings. The number of amides is 3. The molecule has 2 aliphatic heterocycles. The molecule has 3 amide bonds. The van der Waals surface area contributed by atoms with E-state index in [9.17, 15) is 9.59 Å². The van der Waals surface area contributed by atoms with Crippen LogP contribution in [0.4, 0.5) is 0 Å². The largest absolute Gasteiger partial charge is 0.372 e. The van der Waals surface area contributed by atoms with Gasteiger partial charge in [-0.05, 0) is 32.6 Å². The third-order valence-electron chi connectivity index (χ3n) is 3.87. The molecule has 2 rings (SSSR count). The maximum atomic E-state index is 12.1. The summed E-state index contributed by atoms with van der Waals surface area (Å²) in [6.07, 6.45) is 6.18. The molecule has 0 aliphatic carbocycles. The van der Waals surface area contributed by atoms with E-state index in [1.165, 1.54) is 0 Å². The second-order valence-corrected chi connectivity index (χ2v) is 5.34. The van der Waals surface area contributed by atoms with Gasteiger partial charge >= 0.3 is 0 Å². The summed E-state index contributed by atoms with van der Waals surface area (Å²) in [7, 11) is 0. The molecule has 20 heavy (non-hydrogen) atoms. The first-order valence-electron chi connectivity index (χ1n) is 7.32. The van der Waals surface area contributed by atoms with Crippen molar-refractivity contribution in [3.8, 4) is 0 Å². The Balaban J connectivity index is 0.000000612. The zero-order valence-corrected chi connectivity index (χ0v) is 12.2. The SMILES string of the molecule is C[C@@H]1CCCN1C(=O)CN1CCCCCC1=O.NC=O. The van der Waals surface area contributed by atoms with Crippen LogP contribution in [0, 0.1) is 0 Å². The highest BCUT2D eigenvalue weighted by atomic mass is 16.2. The van der Waals surface area contributed by atoms with Crippen LogP contribution in [0.3, 0.4) is 0 Å². The Morgan fingerprint density at radius 3 is 2.60 bits per heavy atom. The Morgan fingerprint density at radius 1 is 1.30 bits per heavy atom. The Hall–Kier alpha value is -1.59. The van der Waals surface area contributed by atoms with Gasteiger partial charge in [0.15, 0.2) is 0 Å². The molecule has 2 heterocycles.